The van der Waals surface area contributed by atoms with Gasteiger partial charge < -0.3 is 14.6 Å². The summed E-state index contributed by atoms with van der Waals surface area (Å²) in [6, 6.07) is 9.90. The van der Waals surface area contributed by atoms with Crippen LogP contribution in [0.3, 0.4) is 0 Å². The molecule has 0 saturated carbocycles. The molecule has 1 fully saturated rings. The van der Waals surface area contributed by atoms with Gasteiger partial charge in [0.2, 0.25) is 0 Å². The Hall–Kier alpha value is -1.90. The summed E-state index contributed by atoms with van der Waals surface area (Å²) in [5.74, 6) is -1.10. The van der Waals surface area contributed by atoms with Crippen molar-refractivity contribution in [3.05, 3.63) is 56.7 Å². The molecule has 1 amide bonds. The highest BCUT2D eigenvalue weighted by molar-refractivity contribution is 9.10. The second-order valence-corrected chi connectivity index (χ2v) is 8.09. The molecule has 144 valence electrons. The van der Waals surface area contributed by atoms with Gasteiger partial charge in [0.25, 0.3) is 0 Å². The molecule has 1 aromatic heterocycles. The average molecular weight is 454 g/mol. The van der Waals surface area contributed by atoms with Gasteiger partial charge in [-0.3, -0.25) is 4.90 Å². The number of ether oxygens (including phenoxy) is 2. The zero-order valence-corrected chi connectivity index (χ0v) is 16.9. The van der Waals surface area contributed by atoms with Gasteiger partial charge in [-0.25, -0.2) is 9.59 Å². The molecule has 8 heteroatoms. The third kappa shape index (κ3) is 5.31. The molecule has 2 atom stereocenters. The summed E-state index contributed by atoms with van der Waals surface area (Å²) in [6.07, 6.45) is 0.855. The Bertz CT molecular complexity index is 775. The van der Waals surface area contributed by atoms with Crippen molar-refractivity contribution >= 4 is 39.3 Å². The summed E-state index contributed by atoms with van der Waals surface area (Å²) in [4.78, 5) is 26.6. The second-order valence-electron chi connectivity index (χ2n) is 6.24. The van der Waals surface area contributed by atoms with Crippen LogP contribution in [0, 0.1) is 0 Å². The van der Waals surface area contributed by atoms with Crippen molar-refractivity contribution in [2.24, 2.45) is 0 Å². The normalized spacial score (nSPS) is 17.4. The predicted octanol–water partition coefficient (Wildman–Crippen LogP) is 4.45. The number of rotatable bonds is 7. The molecule has 1 saturated heterocycles. The van der Waals surface area contributed by atoms with E-state index in [0.29, 0.717) is 11.5 Å². The molecule has 27 heavy (non-hydrogen) atoms. The fraction of sp³-hybridized carbons (Fsp3) is 0.368. The third-order valence-corrected chi connectivity index (χ3v) is 6.01. The zero-order chi connectivity index (χ0) is 19.2. The Morgan fingerprint density at radius 1 is 1.37 bits per heavy atom. The van der Waals surface area contributed by atoms with Crippen molar-refractivity contribution in [2.45, 2.75) is 31.6 Å². The highest BCUT2D eigenvalue weighted by Gasteiger charge is 2.36. The van der Waals surface area contributed by atoms with Crippen molar-refractivity contribution in [3.63, 3.8) is 0 Å². The Labute approximate surface area is 169 Å². The van der Waals surface area contributed by atoms with Gasteiger partial charge >= 0.3 is 12.1 Å². The van der Waals surface area contributed by atoms with Crippen LogP contribution >= 0.6 is 27.3 Å². The number of carboxylic acids is 1. The maximum atomic E-state index is 12.8. The smallest absolute Gasteiger partial charge is 0.411 e. The monoisotopic (exact) mass is 453 g/mol. The van der Waals surface area contributed by atoms with Gasteiger partial charge in [-0.05, 0) is 40.4 Å². The number of hydrogen-bond donors (Lipinski definition) is 1. The number of aliphatic carboxylic acids is 1. The first kappa shape index (κ1) is 19.9. The molecule has 1 N–H and O–H groups in total. The summed E-state index contributed by atoms with van der Waals surface area (Å²) < 4.78 is 11.8. The van der Waals surface area contributed by atoms with E-state index < -0.39 is 18.1 Å². The van der Waals surface area contributed by atoms with Gasteiger partial charge in [0.15, 0.2) is 6.04 Å². The van der Waals surface area contributed by atoms with E-state index in [2.05, 4.69) is 15.9 Å². The van der Waals surface area contributed by atoms with Crippen LogP contribution in [0.2, 0.25) is 0 Å². The van der Waals surface area contributed by atoms with Gasteiger partial charge in [0.05, 0.1) is 12.6 Å². The van der Waals surface area contributed by atoms with Gasteiger partial charge in [-0.15, -0.1) is 11.3 Å². The van der Waals surface area contributed by atoms with Crippen molar-refractivity contribution in [2.75, 3.05) is 13.2 Å². The van der Waals surface area contributed by atoms with Crippen LogP contribution in [0.5, 0.6) is 0 Å². The molecule has 1 aromatic carbocycles. The molecule has 0 spiro atoms. The largest absolute Gasteiger partial charge is 0.479 e. The van der Waals surface area contributed by atoms with E-state index in [1.54, 1.807) is 11.4 Å². The first-order chi connectivity index (χ1) is 13.0. The molecule has 0 bridgehead atoms. The number of hydrogen-bond acceptors (Lipinski definition) is 5. The van der Waals surface area contributed by atoms with Gasteiger partial charge in [0, 0.05) is 21.3 Å². The van der Waals surface area contributed by atoms with Crippen molar-refractivity contribution < 1.29 is 24.2 Å². The van der Waals surface area contributed by atoms with Crippen LogP contribution in [0.1, 0.15) is 29.3 Å². The quantitative estimate of drug-likeness (QED) is 0.669. The lowest BCUT2D eigenvalue weighted by Crippen LogP contribution is -2.43. The van der Waals surface area contributed by atoms with E-state index in [1.165, 1.54) is 16.2 Å². The highest BCUT2D eigenvalue weighted by Crippen LogP contribution is 2.31. The standard InChI is InChI=1S/C19H20BrNO5S/c20-14-9-16(27-12-14)17(18(22)23)21(10-15-7-4-8-25-15)19(24)26-11-13-5-2-1-3-6-13/h1-3,5-6,9,12,15,17H,4,7-8,10-11H2,(H,22,23). The van der Waals surface area contributed by atoms with Crippen LogP contribution in [0.15, 0.2) is 46.3 Å². The van der Waals surface area contributed by atoms with E-state index >= 15 is 0 Å². The minimum Gasteiger partial charge on any atom is -0.479 e. The average Bonchev–Trinajstić information content (AvgIpc) is 3.32. The number of thiophene rings is 1. The number of carbonyl (C=O) groups excluding carboxylic acids is 1. The van der Waals surface area contributed by atoms with Gasteiger partial charge in [-0.1, -0.05) is 30.3 Å². The number of carbonyl (C=O) groups is 2. The molecule has 1 aliphatic heterocycles. The lowest BCUT2D eigenvalue weighted by Gasteiger charge is -2.29. The number of carboxylic acid groups (broad SMARTS) is 1. The Kier molecular flexibility index (Phi) is 6.87. The van der Waals surface area contributed by atoms with E-state index in [0.717, 1.165) is 22.9 Å². The SMILES string of the molecule is O=C(O)C(c1cc(Br)cs1)N(CC1CCCO1)C(=O)OCc1ccccc1. The zero-order valence-electron chi connectivity index (χ0n) is 14.5. The van der Waals surface area contributed by atoms with E-state index in [-0.39, 0.29) is 19.3 Å². The number of halogens is 1. The Morgan fingerprint density at radius 2 is 2.15 bits per heavy atom. The minimum absolute atomic E-state index is 0.0855. The van der Waals surface area contributed by atoms with E-state index in [4.69, 9.17) is 9.47 Å². The number of benzene rings is 1. The lowest BCUT2D eigenvalue weighted by atomic mass is 10.1. The number of amides is 1. The molecular formula is C19H20BrNO5S. The number of nitrogens with zero attached hydrogens (tertiary/aromatic N) is 1. The van der Waals surface area contributed by atoms with Gasteiger partial charge in [-0.2, -0.15) is 0 Å². The molecule has 2 aromatic rings. The van der Waals surface area contributed by atoms with Crippen LogP contribution in [0.4, 0.5) is 4.79 Å². The summed E-state index contributed by atoms with van der Waals surface area (Å²) in [5.41, 5.74) is 0.841. The summed E-state index contributed by atoms with van der Waals surface area (Å²) in [5, 5.41) is 11.6. The molecule has 1 aliphatic rings. The van der Waals surface area contributed by atoms with Crippen molar-refractivity contribution in [3.8, 4) is 0 Å². The second kappa shape index (κ2) is 9.34. The predicted molar refractivity (Wildman–Crippen MR) is 105 cm³/mol. The molecular weight excluding hydrogens is 434 g/mol. The molecule has 6 nitrogen and oxygen atoms in total. The van der Waals surface area contributed by atoms with Crippen LogP contribution < -0.4 is 0 Å². The Morgan fingerprint density at radius 3 is 2.74 bits per heavy atom. The first-order valence-corrected chi connectivity index (χ1v) is 10.3. The topological polar surface area (TPSA) is 76.1 Å². The molecule has 0 radical (unpaired) electrons. The molecule has 2 heterocycles. The minimum atomic E-state index is -1.12. The van der Waals surface area contributed by atoms with Crippen LogP contribution in [-0.4, -0.2) is 41.3 Å². The van der Waals surface area contributed by atoms with E-state index in [1.807, 2.05) is 30.3 Å². The first-order valence-electron chi connectivity index (χ1n) is 8.60. The van der Waals surface area contributed by atoms with Gasteiger partial charge in [0.1, 0.15) is 6.61 Å². The maximum Gasteiger partial charge on any atom is 0.411 e. The summed E-state index contributed by atoms with van der Waals surface area (Å²) in [7, 11) is 0. The lowest BCUT2D eigenvalue weighted by molar-refractivity contribution is -0.143. The van der Waals surface area contributed by atoms with Crippen LogP contribution in [-0.2, 0) is 20.9 Å². The maximum absolute atomic E-state index is 12.8. The summed E-state index contributed by atoms with van der Waals surface area (Å²) in [6.45, 7) is 0.891. The molecule has 2 unspecified atom stereocenters. The molecule has 3 rings (SSSR count). The molecule has 0 aliphatic carbocycles. The van der Waals surface area contributed by atoms with Crippen LogP contribution in [0.25, 0.3) is 0 Å². The Balaban J connectivity index is 1.79. The fourth-order valence-corrected chi connectivity index (χ4v) is 4.52. The highest BCUT2D eigenvalue weighted by atomic mass is 79.9. The van der Waals surface area contributed by atoms with Crippen molar-refractivity contribution in [1.29, 1.82) is 0 Å². The van der Waals surface area contributed by atoms with E-state index in [9.17, 15) is 14.7 Å². The van der Waals surface area contributed by atoms with Crippen molar-refractivity contribution in [1.82, 2.24) is 4.90 Å². The fourth-order valence-electron chi connectivity index (χ4n) is 2.98. The third-order valence-electron chi connectivity index (χ3n) is 4.27. The summed E-state index contributed by atoms with van der Waals surface area (Å²) >= 11 is 4.63.